The zero-order valence-corrected chi connectivity index (χ0v) is 9.23. The molecule has 2 atom stereocenters. The average Bonchev–Trinajstić information content (AvgIpc) is 2.84. The molecule has 0 saturated carbocycles. The number of anilines is 1. The fourth-order valence-corrected chi connectivity index (χ4v) is 2.01. The highest BCUT2D eigenvalue weighted by molar-refractivity contribution is 5.91. The van der Waals surface area contributed by atoms with E-state index in [0.29, 0.717) is 0 Å². The SMILES string of the molecule is CC(=O)N1c2nc3nc[nH]c3c(=O)n2C(O)C1O. The Bertz CT molecular complexity index is 705. The number of aromatic amines is 1. The van der Waals surface area contributed by atoms with E-state index in [0.717, 1.165) is 9.47 Å². The number of amides is 1. The molecule has 0 aliphatic carbocycles. The van der Waals surface area contributed by atoms with E-state index in [1.807, 2.05) is 0 Å². The van der Waals surface area contributed by atoms with Gasteiger partial charge in [0.15, 0.2) is 23.6 Å². The summed E-state index contributed by atoms with van der Waals surface area (Å²) in [6.45, 7) is 1.20. The number of carbonyl (C=O) groups is 1. The number of nitrogens with one attached hydrogen (secondary N) is 1. The van der Waals surface area contributed by atoms with E-state index >= 15 is 0 Å². The van der Waals surface area contributed by atoms with E-state index in [4.69, 9.17) is 0 Å². The minimum Gasteiger partial charge on any atom is -0.369 e. The van der Waals surface area contributed by atoms with Gasteiger partial charge < -0.3 is 15.2 Å². The number of nitrogens with zero attached hydrogens (tertiary/aromatic N) is 4. The van der Waals surface area contributed by atoms with Crippen molar-refractivity contribution in [1.29, 1.82) is 0 Å². The fraction of sp³-hybridized carbons (Fsp3) is 0.333. The van der Waals surface area contributed by atoms with Crippen molar-refractivity contribution in [2.45, 2.75) is 19.4 Å². The van der Waals surface area contributed by atoms with Gasteiger partial charge in [0.2, 0.25) is 11.9 Å². The molecule has 0 fully saturated rings. The molecule has 3 N–H and O–H groups in total. The normalized spacial score (nSPS) is 22.5. The van der Waals surface area contributed by atoms with Crippen molar-refractivity contribution in [2.75, 3.05) is 4.90 Å². The van der Waals surface area contributed by atoms with Gasteiger partial charge in [-0.3, -0.25) is 14.5 Å². The summed E-state index contributed by atoms with van der Waals surface area (Å²) >= 11 is 0. The zero-order valence-electron chi connectivity index (χ0n) is 9.23. The van der Waals surface area contributed by atoms with Gasteiger partial charge >= 0.3 is 0 Å². The highest BCUT2D eigenvalue weighted by atomic mass is 16.4. The Morgan fingerprint density at radius 3 is 2.83 bits per heavy atom. The summed E-state index contributed by atoms with van der Waals surface area (Å²) in [6.07, 6.45) is -1.79. The Morgan fingerprint density at radius 1 is 1.44 bits per heavy atom. The number of H-pyrrole nitrogens is 1. The Kier molecular flexibility index (Phi) is 2.03. The van der Waals surface area contributed by atoms with E-state index < -0.39 is 23.9 Å². The lowest BCUT2D eigenvalue weighted by Crippen LogP contribution is -2.38. The maximum Gasteiger partial charge on any atom is 0.283 e. The Balaban J connectivity index is 2.38. The van der Waals surface area contributed by atoms with Gasteiger partial charge in [-0.2, -0.15) is 4.98 Å². The van der Waals surface area contributed by atoms with Crippen molar-refractivity contribution < 1.29 is 15.0 Å². The summed E-state index contributed by atoms with van der Waals surface area (Å²) in [5, 5.41) is 19.5. The lowest BCUT2D eigenvalue weighted by molar-refractivity contribution is -0.120. The summed E-state index contributed by atoms with van der Waals surface area (Å²) in [4.78, 5) is 34.7. The monoisotopic (exact) mass is 251 g/mol. The molecular formula is C9H9N5O4. The number of hydrogen-bond donors (Lipinski definition) is 3. The second kappa shape index (κ2) is 3.37. The maximum absolute atomic E-state index is 12.0. The molecule has 18 heavy (non-hydrogen) atoms. The van der Waals surface area contributed by atoms with Gasteiger partial charge in [-0.05, 0) is 0 Å². The number of rotatable bonds is 0. The Morgan fingerprint density at radius 2 is 2.17 bits per heavy atom. The second-order valence-corrected chi connectivity index (χ2v) is 3.90. The molecule has 9 nitrogen and oxygen atoms in total. The fourth-order valence-electron chi connectivity index (χ4n) is 2.01. The third kappa shape index (κ3) is 1.17. The van der Waals surface area contributed by atoms with Crippen LogP contribution in [0.15, 0.2) is 11.1 Å². The molecule has 0 aromatic carbocycles. The number of aromatic nitrogens is 4. The molecule has 2 unspecified atom stereocenters. The second-order valence-electron chi connectivity index (χ2n) is 3.90. The predicted molar refractivity (Wildman–Crippen MR) is 58.6 cm³/mol. The van der Waals surface area contributed by atoms with Crippen molar-refractivity contribution in [3.05, 3.63) is 16.7 Å². The van der Waals surface area contributed by atoms with Crippen molar-refractivity contribution in [2.24, 2.45) is 0 Å². The third-order valence-corrected chi connectivity index (χ3v) is 2.82. The van der Waals surface area contributed by atoms with Gasteiger partial charge in [0.25, 0.3) is 5.56 Å². The first kappa shape index (κ1) is 10.9. The molecule has 0 spiro atoms. The lowest BCUT2D eigenvalue weighted by Gasteiger charge is -2.17. The predicted octanol–water partition coefficient (Wildman–Crippen LogP) is -1.70. The van der Waals surface area contributed by atoms with Crippen LogP contribution in [0.5, 0.6) is 0 Å². The summed E-state index contributed by atoms with van der Waals surface area (Å²) < 4.78 is 0.854. The minimum atomic E-state index is -1.54. The Labute approximate surface area is 99.3 Å². The van der Waals surface area contributed by atoms with Crippen molar-refractivity contribution in [1.82, 2.24) is 19.5 Å². The van der Waals surface area contributed by atoms with E-state index in [-0.39, 0.29) is 17.1 Å². The van der Waals surface area contributed by atoms with Crippen LogP contribution < -0.4 is 10.5 Å². The molecule has 9 heteroatoms. The molecule has 1 amide bonds. The van der Waals surface area contributed by atoms with E-state index in [1.54, 1.807) is 0 Å². The zero-order chi connectivity index (χ0) is 13.0. The molecule has 0 saturated heterocycles. The smallest absolute Gasteiger partial charge is 0.283 e. The topological polar surface area (TPSA) is 124 Å². The molecular weight excluding hydrogens is 242 g/mol. The van der Waals surface area contributed by atoms with Crippen LogP contribution in [-0.2, 0) is 4.79 Å². The number of imidazole rings is 1. The highest BCUT2D eigenvalue weighted by Gasteiger charge is 2.41. The standard InChI is InChI=1S/C9H9N5O4/c1-3(15)13-7(17)8(18)14-6(16)4-5(11-2-10-4)12-9(13)14/h2,7-8,17-18H,1H3,(H,10,11). The maximum atomic E-state index is 12.0. The summed E-state index contributed by atoms with van der Waals surface area (Å²) in [7, 11) is 0. The van der Waals surface area contributed by atoms with Gasteiger partial charge in [0.1, 0.15) is 0 Å². The van der Waals surface area contributed by atoms with Crippen molar-refractivity contribution >= 4 is 23.0 Å². The molecule has 3 heterocycles. The number of hydrogen-bond acceptors (Lipinski definition) is 6. The molecule has 0 radical (unpaired) electrons. The number of aliphatic hydroxyl groups is 2. The highest BCUT2D eigenvalue weighted by Crippen LogP contribution is 2.29. The first-order chi connectivity index (χ1) is 8.52. The van der Waals surface area contributed by atoms with E-state index in [2.05, 4.69) is 15.0 Å². The van der Waals surface area contributed by atoms with Gasteiger partial charge in [-0.25, -0.2) is 9.55 Å². The van der Waals surface area contributed by atoms with E-state index in [9.17, 15) is 19.8 Å². The van der Waals surface area contributed by atoms with Crippen LogP contribution in [-0.4, -0.2) is 41.9 Å². The molecule has 0 bridgehead atoms. The van der Waals surface area contributed by atoms with Gasteiger partial charge in [-0.15, -0.1) is 0 Å². The first-order valence-electron chi connectivity index (χ1n) is 5.14. The number of aliphatic hydroxyl groups excluding tert-OH is 2. The van der Waals surface area contributed by atoms with Gasteiger partial charge in [0, 0.05) is 6.92 Å². The van der Waals surface area contributed by atoms with Crippen molar-refractivity contribution in [3.8, 4) is 0 Å². The van der Waals surface area contributed by atoms with Crippen LogP contribution in [0, 0.1) is 0 Å². The van der Waals surface area contributed by atoms with Crippen LogP contribution in [0.3, 0.4) is 0 Å². The molecule has 3 rings (SSSR count). The first-order valence-corrected chi connectivity index (χ1v) is 5.14. The molecule has 94 valence electrons. The van der Waals surface area contributed by atoms with Gasteiger partial charge in [-0.1, -0.05) is 0 Å². The van der Waals surface area contributed by atoms with E-state index in [1.165, 1.54) is 13.3 Å². The summed E-state index contributed by atoms with van der Waals surface area (Å²) in [5.74, 6) is -0.651. The van der Waals surface area contributed by atoms with Crippen LogP contribution in [0.25, 0.3) is 11.2 Å². The summed E-state index contributed by atoms with van der Waals surface area (Å²) in [6, 6.07) is 0. The molecule has 2 aromatic heterocycles. The minimum absolute atomic E-state index is 0.107. The van der Waals surface area contributed by atoms with Gasteiger partial charge in [0.05, 0.1) is 6.33 Å². The molecule has 1 aliphatic heterocycles. The summed E-state index contributed by atoms with van der Waals surface area (Å²) in [5.41, 5.74) is -0.364. The van der Waals surface area contributed by atoms with Crippen LogP contribution in [0.1, 0.15) is 13.2 Å². The van der Waals surface area contributed by atoms with Crippen LogP contribution in [0.4, 0.5) is 5.95 Å². The molecule has 1 aliphatic rings. The lowest BCUT2D eigenvalue weighted by atomic mass is 10.4. The molecule has 2 aromatic rings. The van der Waals surface area contributed by atoms with Crippen LogP contribution in [0.2, 0.25) is 0 Å². The van der Waals surface area contributed by atoms with Crippen molar-refractivity contribution in [3.63, 3.8) is 0 Å². The number of carbonyl (C=O) groups excluding carboxylic acids is 1. The average molecular weight is 251 g/mol. The third-order valence-electron chi connectivity index (χ3n) is 2.82. The quantitative estimate of drug-likeness (QED) is 0.512. The largest absolute Gasteiger partial charge is 0.369 e. The number of fused-ring (bicyclic) bond motifs is 2. The Hall–Kier alpha value is -2.26. The van der Waals surface area contributed by atoms with Crippen LogP contribution >= 0.6 is 0 Å².